The molecule has 1 fully saturated rings. The second-order valence-electron chi connectivity index (χ2n) is 6.67. The Hall–Kier alpha value is -1.88. The molecule has 1 aliphatic heterocycles. The van der Waals surface area contributed by atoms with Gasteiger partial charge in [-0.25, -0.2) is 0 Å². The van der Waals surface area contributed by atoms with E-state index in [2.05, 4.69) is 0 Å². The molecule has 3 atom stereocenters. The van der Waals surface area contributed by atoms with Crippen molar-refractivity contribution in [3.63, 3.8) is 0 Å². The summed E-state index contributed by atoms with van der Waals surface area (Å²) >= 11 is 5.88. The summed E-state index contributed by atoms with van der Waals surface area (Å²) in [6, 6.07) is 6.59. The number of carbonyl (C=O) groups is 3. The third-order valence-corrected chi connectivity index (χ3v) is 4.91. The third-order valence-electron chi connectivity index (χ3n) is 4.66. The monoisotopic (exact) mass is 366 g/mol. The normalized spacial score (nSPS) is 23.0. The van der Waals surface area contributed by atoms with Crippen molar-refractivity contribution in [1.29, 1.82) is 0 Å². The maximum atomic E-state index is 13.0. The summed E-state index contributed by atoms with van der Waals surface area (Å²) in [5.41, 5.74) is -0.439. The highest BCUT2D eigenvalue weighted by Gasteiger charge is 2.58. The fourth-order valence-electron chi connectivity index (χ4n) is 3.56. The second kappa shape index (κ2) is 7.56. The number of hydrogen-bond acceptors (Lipinski definition) is 5. The van der Waals surface area contributed by atoms with Gasteiger partial charge in [0.15, 0.2) is 11.7 Å². The zero-order valence-corrected chi connectivity index (χ0v) is 15.6. The molecule has 0 saturated carbocycles. The van der Waals surface area contributed by atoms with Gasteiger partial charge in [0.1, 0.15) is 5.60 Å². The SMILES string of the molecule is CCOC(=O)[C@@H]1C(=O)OC(C)(C)[C@@H]1[C@H](CC)C(=O)c1ccc(Cl)cc1. The minimum absolute atomic E-state index is 0.134. The summed E-state index contributed by atoms with van der Waals surface area (Å²) in [6.07, 6.45) is 0.474. The second-order valence-corrected chi connectivity index (χ2v) is 7.10. The van der Waals surface area contributed by atoms with Crippen LogP contribution in [0, 0.1) is 17.8 Å². The van der Waals surface area contributed by atoms with Crippen LogP contribution in [0.4, 0.5) is 0 Å². The number of cyclic esters (lactones) is 1. The Kier molecular flexibility index (Phi) is 5.88. The predicted octanol–water partition coefficient (Wildman–Crippen LogP) is 3.68. The molecule has 0 bridgehead atoms. The van der Waals surface area contributed by atoms with Crippen molar-refractivity contribution in [1.82, 2.24) is 0 Å². The maximum absolute atomic E-state index is 13.0. The summed E-state index contributed by atoms with van der Waals surface area (Å²) in [6.45, 7) is 7.16. The highest BCUT2D eigenvalue weighted by atomic mass is 35.5. The minimum Gasteiger partial charge on any atom is -0.465 e. The molecule has 1 saturated heterocycles. The Morgan fingerprint density at radius 1 is 1.24 bits per heavy atom. The van der Waals surface area contributed by atoms with Crippen LogP contribution in [0.15, 0.2) is 24.3 Å². The van der Waals surface area contributed by atoms with Gasteiger partial charge in [0.2, 0.25) is 0 Å². The highest BCUT2D eigenvalue weighted by Crippen LogP contribution is 2.44. The fourth-order valence-corrected chi connectivity index (χ4v) is 3.69. The van der Waals surface area contributed by atoms with Gasteiger partial charge in [0.05, 0.1) is 6.61 Å². The lowest BCUT2D eigenvalue weighted by molar-refractivity contribution is -0.157. The van der Waals surface area contributed by atoms with E-state index in [9.17, 15) is 14.4 Å². The molecule has 136 valence electrons. The van der Waals surface area contributed by atoms with Crippen molar-refractivity contribution in [2.45, 2.75) is 39.7 Å². The number of hydrogen-bond donors (Lipinski definition) is 0. The van der Waals surface area contributed by atoms with E-state index in [1.54, 1.807) is 45.0 Å². The maximum Gasteiger partial charge on any atom is 0.321 e. The first-order valence-electron chi connectivity index (χ1n) is 8.42. The first kappa shape index (κ1) is 19.4. The molecule has 1 aliphatic rings. The molecule has 0 amide bonds. The largest absolute Gasteiger partial charge is 0.465 e. The molecular formula is C19H23ClO5. The van der Waals surface area contributed by atoms with E-state index < -0.39 is 35.3 Å². The van der Waals surface area contributed by atoms with E-state index in [4.69, 9.17) is 21.1 Å². The third kappa shape index (κ3) is 3.87. The molecule has 0 unspecified atom stereocenters. The van der Waals surface area contributed by atoms with Crippen molar-refractivity contribution >= 4 is 29.3 Å². The van der Waals surface area contributed by atoms with Crippen LogP contribution in [0.2, 0.25) is 5.02 Å². The van der Waals surface area contributed by atoms with Gasteiger partial charge in [-0.1, -0.05) is 18.5 Å². The Bertz CT molecular complexity index is 665. The number of ether oxygens (including phenoxy) is 2. The van der Waals surface area contributed by atoms with Crippen LogP contribution in [0.3, 0.4) is 0 Å². The van der Waals surface area contributed by atoms with Crippen molar-refractivity contribution in [3.05, 3.63) is 34.9 Å². The highest BCUT2D eigenvalue weighted by molar-refractivity contribution is 6.30. The molecule has 2 rings (SSSR count). The number of halogens is 1. The molecule has 6 heteroatoms. The quantitative estimate of drug-likeness (QED) is 0.436. The van der Waals surface area contributed by atoms with Gasteiger partial charge in [0, 0.05) is 22.4 Å². The van der Waals surface area contributed by atoms with Gasteiger partial charge >= 0.3 is 11.9 Å². The molecule has 1 aromatic carbocycles. The number of Topliss-reactive ketones (excluding diaryl/α,β-unsaturated/α-hetero) is 1. The summed E-state index contributed by atoms with van der Waals surface area (Å²) in [5.74, 6) is -3.62. The molecule has 1 aromatic rings. The molecule has 0 aromatic heterocycles. The smallest absolute Gasteiger partial charge is 0.321 e. The number of esters is 2. The van der Waals surface area contributed by atoms with E-state index in [0.717, 1.165) is 0 Å². The van der Waals surface area contributed by atoms with Crippen LogP contribution < -0.4 is 0 Å². The average molecular weight is 367 g/mol. The minimum atomic E-state index is -1.09. The van der Waals surface area contributed by atoms with Gasteiger partial charge in [-0.05, 0) is 51.5 Å². The zero-order valence-electron chi connectivity index (χ0n) is 14.9. The molecular weight excluding hydrogens is 344 g/mol. The van der Waals surface area contributed by atoms with Crippen molar-refractivity contribution < 1.29 is 23.9 Å². The van der Waals surface area contributed by atoms with E-state index in [1.807, 2.05) is 6.92 Å². The first-order chi connectivity index (χ1) is 11.7. The average Bonchev–Trinajstić information content (AvgIpc) is 2.78. The fraction of sp³-hybridized carbons (Fsp3) is 0.526. The van der Waals surface area contributed by atoms with Gasteiger partial charge in [0.25, 0.3) is 0 Å². The van der Waals surface area contributed by atoms with E-state index in [1.165, 1.54) is 0 Å². The van der Waals surface area contributed by atoms with Crippen LogP contribution in [-0.2, 0) is 19.1 Å². The van der Waals surface area contributed by atoms with Gasteiger partial charge in [-0.3, -0.25) is 14.4 Å². The van der Waals surface area contributed by atoms with Gasteiger partial charge in [-0.15, -0.1) is 0 Å². The Balaban J connectivity index is 2.40. The molecule has 0 N–H and O–H groups in total. The topological polar surface area (TPSA) is 69.7 Å². The summed E-state index contributed by atoms with van der Waals surface area (Å²) < 4.78 is 10.5. The van der Waals surface area contributed by atoms with E-state index in [-0.39, 0.29) is 12.4 Å². The van der Waals surface area contributed by atoms with Crippen LogP contribution in [0.1, 0.15) is 44.5 Å². The summed E-state index contributed by atoms with van der Waals surface area (Å²) in [4.78, 5) is 37.6. The molecule has 0 radical (unpaired) electrons. The number of carbonyl (C=O) groups excluding carboxylic acids is 3. The number of ketones is 1. The summed E-state index contributed by atoms with van der Waals surface area (Å²) in [7, 11) is 0. The Morgan fingerprint density at radius 2 is 1.84 bits per heavy atom. The predicted molar refractivity (Wildman–Crippen MR) is 93.3 cm³/mol. The zero-order chi connectivity index (χ0) is 18.8. The lowest BCUT2D eigenvalue weighted by atomic mass is 9.70. The summed E-state index contributed by atoms with van der Waals surface area (Å²) in [5, 5.41) is 0.536. The molecule has 0 aliphatic carbocycles. The van der Waals surface area contributed by atoms with Gasteiger partial charge in [-0.2, -0.15) is 0 Å². The van der Waals surface area contributed by atoms with Crippen LogP contribution in [-0.4, -0.2) is 29.9 Å². The molecule has 0 spiro atoms. The van der Waals surface area contributed by atoms with E-state index >= 15 is 0 Å². The Labute approximate surface area is 152 Å². The molecule has 25 heavy (non-hydrogen) atoms. The van der Waals surface area contributed by atoms with E-state index in [0.29, 0.717) is 17.0 Å². The van der Waals surface area contributed by atoms with Crippen LogP contribution in [0.5, 0.6) is 0 Å². The van der Waals surface area contributed by atoms with Crippen molar-refractivity contribution in [3.8, 4) is 0 Å². The Morgan fingerprint density at radius 3 is 2.36 bits per heavy atom. The lowest BCUT2D eigenvalue weighted by Crippen LogP contribution is -2.42. The van der Waals surface area contributed by atoms with Crippen LogP contribution in [0.25, 0.3) is 0 Å². The molecule has 1 heterocycles. The van der Waals surface area contributed by atoms with Gasteiger partial charge < -0.3 is 9.47 Å². The standard InChI is InChI=1S/C19H23ClO5/c1-5-13(16(21)11-7-9-12(20)10-8-11)15-14(17(22)24-6-2)18(23)25-19(15,3)4/h7-10,13-15H,5-6H2,1-4H3/t13-,14+,15+/m0/s1. The van der Waals surface area contributed by atoms with Crippen molar-refractivity contribution in [2.75, 3.05) is 6.61 Å². The van der Waals surface area contributed by atoms with Crippen molar-refractivity contribution in [2.24, 2.45) is 17.8 Å². The lowest BCUT2D eigenvalue weighted by Gasteiger charge is -2.32. The molecule has 5 nitrogen and oxygen atoms in total. The number of rotatable bonds is 6. The van der Waals surface area contributed by atoms with Crippen LogP contribution >= 0.6 is 11.6 Å². The first-order valence-corrected chi connectivity index (χ1v) is 8.80. The number of benzene rings is 1.